The van der Waals surface area contributed by atoms with Crippen molar-refractivity contribution in [3.8, 4) is 0 Å². The van der Waals surface area contributed by atoms with Gasteiger partial charge in [0, 0.05) is 11.3 Å². The summed E-state index contributed by atoms with van der Waals surface area (Å²) in [7, 11) is -1.31. The van der Waals surface area contributed by atoms with Crippen LogP contribution in [0.3, 0.4) is 0 Å². The minimum atomic E-state index is -1.31. The molecule has 0 saturated carbocycles. The number of carbonyl (C=O) groups excluding carboxylic acids is 1. The number of amides is 1. The lowest BCUT2D eigenvalue weighted by Gasteiger charge is -2.28. The Bertz CT molecular complexity index is 522. The Morgan fingerprint density at radius 3 is 2.50 bits per heavy atom. The molecule has 98 valence electrons. The summed E-state index contributed by atoms with van der Waals surface area (Å²) in [6.07, 6.45) is 0. The van der Waals surface area contributed by atoms with Crippen LogP contribution in [0.4, 0.5) is 5.69 Å². The zero-order valence-electron chi connectivity index (χ0n) is 11.0. The van der Waals surface area contributed by atoms with Crippen molar-refractivity contribution in [1.82, 2.24) is 4.72 Å². The van der Waals surface area contributed by atoms with E-state index in [1.54, 1.807) is 6.92 Å². The molecule has 1 aliphatic rings. The molecule has 5 heteroatoms. The van der Waals surface area contributed by atoms with E-state index in [1.807, 2.05) is 45.0 Å². The van der Waals surface area contributed by atoms with Crippen molar-refractivity contribution in [2.45, 2.75) is 38.0 Å². The third kappa shape index (κ3) is 2.08. The average molecular weight is 266 g/mol. The summed E-state index contributed by atoms with van der Waals surface area (Å²) < 4.78 is 14.7. The van der Waals surface area contributed by atoms with Gasteiger partial charge < -0.3 is 5.32 Å². The van der Waals surface area contributed by atoms with Crippen molar-refractivity contribution in [2.24, 2.45) is 0 Å². The average Bonchev–Trinajstić information content (AvgIpc) is 2.51. The molecule has 0 saturated heterocycles. The minimum Gasteiger partial charge on any atom is -0.324 e. The van der Waals surface area contributed by atoms with Crippen LogP contribution in [0, 0.1) is 0 Å². The molecule has 18 heavy (non-hydrogen) atoms. The number of hydrogen-bond donors (Lipinski definition) is 2. The highest BCUT2D eigenvalue weighted by Gasteiger charge is 2.44. The quantitative estimate of drug-likeness (QED) is 0.859. The molecule has 0 radical (unpaired) electrons. The Hall–Kier alpha value is -1.20. The highest BCUT2D eigenvalue weighted by molar-refractivity contribution is 7.84. The van der Waals surface area contributed by atoms with E-state index < -0.39 is 21.3 Å². The van der Waals surface area contributed by atoms with E-state index in [-0.39, 0.29) is 5.91 Å². The summed E-state index contributed by atoms with van der Waals surface area (Å²) >= 11 is 0. The zero-order valence-corrected chi connectivity index (χ0v) is 11.9. The molecule has 2 rings (SSSR count). The summed E-state index contributed by atoms with van der Waals surface area (Å²) in [5.41, 5.74) is 0.686. The first-order valence-corrected chi connectivity index (χ1v) is 7.01. The number of nitrogens with one attached hydrogen (secondary N) is 2. The van der Waals surface area contributed by atoms with Crippen molar-refractivity contribution in [3.05, 3.63) is 29.8 Å². The van der Waals surface area contributed by atoms with Gasteiger partial charge >= 0.3 is 0 Å². The summed E-state index contributed by atoms with van der Waals surface area (Å²) in [4.78, 5) is 12.1. The summed E-state index contributed by atoms with van der Waals surface area (Å²) in [5, 5.41) is 2.81. The van der Waals surface area contributed by atoms with Gasteiger partial charge in [-0.15, -0.1) is 0 Å². The molecule has 2 N–H and O–H groups in total. The number of hydrogen-bond acceptors (Lipinski definition) is 2. The first-order valence-electron chi connectivity index (χ1n) is 5.86. The van der Waals surface area contributed by atoms with Crippen LogP contribution in [0.5, 0.6) is 0 Å². The molecule has 0 bridgehead atoms. The summed E-state index contributed by atoms with van der Waals surface area (Å²) in [6.45, 7) is 7.38. The van der Waals surface area contributed by atoms with Crippen LogP contribution >= 0.6 is 0 Å². The van der Waals surface area contributed by atoms with E-state index in [0.29, 0.717) is 0 Å². The molecule has 1 heterocycles. The summed E-state index contributed by atoms with van der Waals surface area (Å²) in [6, 6.07) is 7.46. The number of anilines is 1. The summed E-state index contributed by atoms with van der Waals surface area (Å²) in [5.74, 6) is -0.165. The molecule has 0 unspecified atom stereocenters. The van der Waals surface area contributed by atoms with Crippen LogP contribution in [-0.2, 0) is 21.3 Å². The van der Waals surface area contributed by atoms with Gasteiger partial charge in [0.2, 0.25) is 5.91 Å². The Kier molecular flexibility index (Phi) is 3.07. The number of carbonyl (C=O) groups is 1. The van der Waals surface area contributed by atoms with Crippen molar-refractivity contribution in [2.75, 3.05) is 5.32 Å². The van der Waals surface area contributed by atoms with Crippen LogP contribution in [-0.4, -0.2) is 14.9 Å². The molecule has 0 aromatic heterocycles. The lowest BCUT2D eigenvalue weighted by atomic mass is 9.95. The van der Waals surface area contributed by atoms with Gasteiger partial charge in [-0.25, -0.2) is 8.93 Å². The topological polar surface area (TPSA) is 58.2 Å². The number of benzene rings is 1. The lowest BCUT2D eigenvalue weighted by Crippen LogP contribution is -2.50. The third-order valence-corrected chi connectivity index (χ3v) is 4.73. The Balaban J connectivity index is 2.37. The van der Waals surface area contributed by atoms with Gasteiger partial charge in [-0.2, -0.15) is 0 Å². The van der Waals surface area contributed by atoms with Crippen molar-refractivity contribution < 1.29 is 9.00 Å². The van der Waals surface area contributed by atoms with Gasteiger partial charge in [0.1, 0.15) is 5.54 Å². The molecule has 0 aliphatic carbocycles. The van der Waals surface area contributed by atoms with E-state index in [1.165, 1.54) is 0 Å². The second kappa shape index (κ2) is 4.17. The highest BCUT2D eigenvalue weighted by atomic mass is 32.2. The van der Waals surface area contributed by atoms with Gasteiger partial charge in [-0.05, 0) is 33.8 Å². The number of para-hydroxylation sites is 1. The number of rotatable bonds is 2. The molecule has 1 aliphatic heterocycles. The maximum atomic E-state index is 12.2. The fourth-order valence-electron chi connectivity index (χ4n) is 1.84. The Morgan fingerprint density at radius 1 is 1.28 bits per heavy atom. The molecule has 1 amide bonds. The van der Waals surface area contributed by atoms with E-state index in [9.17, 15) is 9.00 Å². The predicted octanol–water partition coefficient (Wildman–Crippen LogP) is 1.91. The Morgan fingerprint density at radius 2 is 1.89 bits per heavy atom. The second-order valence-corrected chi connectivity index (χ2v) is 7.57. The minimum absolute atomic E-state index is 0.165. The van der Waals surface area contributed by atoms with Gasteiger partial charge in [-0.3, -0.25) is 4.79 Å². The van der Waals surface area contributed by atoms with Crippen molar-refractivity contribution in [3.63, 3.8) is 0 Å². The largest absolute Gasteiger partial charge is 0.324 e. The molecular formula is C13H18N2O2S. The van der Waals surface area contributed by atoms with Gasteiger partial charge in [0.25, 0.3) is 0 Å². The lowest BCUT2D eigenvalue weighted by molar-refractivity contribution is -0.120. The van der Waals surface area contributed by atoms with Gasteiger partial charge in [0.05, 0.1) is 15.7 Å². The van der Waals surface area contributed by atoms with Crippen LogP contribution in [0.15, 0.2) is 24.3 Å². The van der Waals surface area contributed by atoms with Gasteiger partial charge in [0.15, 0.2) is 0 Å². The first-order chi connectivity index (χ1) is 8.25. The highest BCUT2D eigenvalue weighted by Crippen LogP contribution is 2.36. The fourth-order valence-corrected chi connectivity index (χ4v) is 2.72. The van der Waals surface area contributed by atoms with E-state index >= 15 is 0 Å². The number of fused-ring (bicyclic) bond motifs is 1. The predicted molar refractivity (Wildman–Crippen MR) is 73.5 cm³/mol. The maximum Gasteiger partial charge on any atom is 0.249 e. The van der Waals surface area contributed by atoms with Crippen LogP contribution in [0.2, 0.25) is 0 Å². The maximum absolute atomic E-state index is 12.2. The van der Waals surface area contributed by atoms with Crippen LogP contribution < -0.4 is 10.0 Å². The van der Waals surface area contributed by atoms with Gasteiger partial charge in [-0.1, -0.05) is 18.2 Å². The first kappa shape index (κ1) is 13.2. The molecule has 1 aromatic carbocycles. The van der Waals surface area contributed by atoms with Crippen molar-refractivity contribution in [1.29, 1.82) is 0 Å². The van der Waals surface area contributed by atoms with E-state index in [0.717, 1.165) is 11.3 Å². The Labute approximate surface area is 110 Å². The molecule has 2 atom stereocenters. The molecular weight excluding hydrogens is 248 g/mol. The SMILES string of the molecule is CC(C)(C)[S@@](=O)N[C@@]1(C)C(=O)Nc2ccccc21. The molecule has 1 aromatic rings. The fraction of sp³-hybridized carbons (Fsp3) is 0.462. The zero-order chi connectivity index (χ0) is 13.6. The second-order valence-electron chi connectivity index (χ2n) is 5.61. The third-order valence-electron chi connectivity index (χ3n) is 3.02. The van der Waals surface area contributed by atoms with E-state index in [2.05, 4.69) is 10.0 Å². The normalized spacial score (nSPS) is 24.6. The molecule has 0 spiro atoms. The molecule has 4 nitrogen and oxygen atoms in total. The smallest absolute Gasteiger partial charge is 0.249 e. The van der Waals surface area contributed by atoms with Crippen molar-refractivity contribution >= 4 is 22.6 Å². The molecule has 0 fully saturated rings. The standard InChI is InChI=1S/C13H18N2O2S/c1-12(2,3)18(17)15-13(4)9-7-5-6-8-10(9)14-11(13)16/h5-8,15H,1-4H3,(H,14,16)/t13-,18-/m1/s1. The monoisotopic (exact) mass is 266 g/mol. The van der Waals surface area contributed by atoms with E-state index in [4.69, 9.17) is 0 Å². The van der Waals surface area contributed by atoms with Crippen LogP contribution in [0.25, 0.3) is 0 Å². The van der Waals surface area contributed by atoms with Crippen LogP contribution in [0.1, 0.15) is 33.3 Å².